The Balaban J connectivity index is 0.00000280. The number of rotatable bonds is 9. The number of hydrogen-bond acceptors (Lipinski definition) is 3. The third-order valence-corrected chi connectivity index (χ3v) is 4.95. The highest BCUT2D eigenvalue weighted by Gasteiger charge is 2.20. The van der Waals surface area contributed by atoms with Gasteiger partial charge in [0.1, 0.15) is 35.8 Å². The van der Waals surface area contributed by atoms with E-state index < -0.39 is 0 Å². The van der Waals surface area contributed by atoms with Crippen molar-refractivity contribution < 1.29 is 30.7 Å². The molecule has 1 aromatic heterocycles. The fourth-order valence-corrected chi connectivity index (χ4v) is 3.35. The van der Waals surface area contributed by atoms with Crippen molar-refractivity contribution in [2.75, 3.05) is 32.0 Å². The predicted molar refractivity (Wildman–Crippen MR) is 106 cm³/mol. The highest BCUT2D eigenvalue weighted by molar-refractivity contribution is 5.73. The first-order chi connectivity index (χ1) is 13.1. The summed E-state index contributed by atoms with van der Waals surface area (Å²) in [7, 11) is 0. The Morgan fingerprint density at radius 1 is 1.07 bits per heavy atom. The van der Waals surface area contributed by atoms with E-state index in [1.165, 1.54) is 12.1 Å². The monoisotopic (exact) mass is 450 g/mol. The smallest absolute Gasteiger partial charge is 0.356 e. The van der Waals surface area contributed by atoms with Crippen LogP contribution < -0.4 is 32.0 Å². The number of fused-ring (bicyclic) bond motifs is 1. The molecule has 2 aromatic carbocycles. The van der Waals surface area contributed by atoms with Gasteiger partial charge < -0.3 is 26.6 Å². The van der Waals surface area contributed by atoms with E-state index >= 15 is 0 Å². The summed E-state index contributed by atoms with van der Waals surface area (Å²) < 4.78 is 23.0. The van der Waals surface area contributed by atoms with Crippen molar-refractivity contribution in [1.29, 1.82) is 0 Å². The van der Waals surface area contributed by atoms with Crippen LogP contribution in [0.3, 0.4) is 0 Å². The number of likely N-dealkylation sites (N-methyl/N-ethyl adjacent to an activating group) is 1. The van der Waals surface area contributed by atoms with Gasteiger partial charge >= 0.3 is 5.95 Å². The van der Waals surface area contributed by atoms with E-state index in [0.717, 1.165) is 43.2 Å². The summed E-state index contributed by atoms with van der Waals surface area (Å²) in [5.41, 5.74) is 8.71. The number of para-hydroxylation sites is 2. The second kappa shape index (κ2) is 10.4. The maximum atomic E-state index is 13.0. The number of halogens is 2. The zero-order chi connectivity index (χ0) is 19.2. The molecule has 5 nitrogen and oxygen atoms in total. The van der Waals surface area contributed by atoms with Gasteiger partial charge in [-0.25, -0.2) is 13.5 Å². The Morgan fingerprint density at radius 2 is 1.75 bits per heavy atom. The molecule has 28 heavy (non-hydrogen) atoms. The summed E-state index contributed by atoms with van der Waals surface area (Å²) in [6, 6.07) is 14.3. The van der Waals surface area contributed by atoms with Gasteiger partial charge in [0, 0.05) is 6.54 Å². The first-order valence-corrected chi connectivity index (χ1v) is 9.51. The lowest BCUT2D eigenvalue weighted by molar-refractivity contribution is -0.657. The van der Waals surface area contributed by atoms with Crippen LogP contribution in [-0.2, 0) is 13.1 Å². The first-order valence-electron chi connectivity index (χ1n) is 9.51. The van der Waals surface area contributed by atoms with Gasteiger partial charge in [0.25, 0.3) is 0 Å². The fourth-order valence-electron chi connectivity index (χ4n) is 3.35. The lowest BCUT2D eigenvalue weighted by atomic mass is 10.3. The van der Waals surface area contributed by atoms with E-state index in [0.29, 0.717) is 18.9 Å². The Kier molecular flexibility index (Phi) is 8.26. The van der Waals surface area contributed by atoms with Crippen molar-refractivity contribution in [1.82, 2.24) is 9.47 Å². The van der Waals surface area contributed by atoms with Gasteiger partial charge in [-0.2, -0.15) is 0 Å². The molecule has 0 bridgehead atoms. The molecule has 1 heterocycles. The molecule has 0 saturated heterocycles. The Morgan fingerprint density at radius 3 is 2.43 bits per heavy atom. The van der Waals surface area contributed by atoms with Gasteiger partial charge in [-0.15, -0.1) is 0 Å². The van der Waals surface area contributed by atoms with E-state index in [9.17, 15) is 4.39 Å². The summed E-state index contributed by atoms with van der Waals surface area (Å²) in [6.45, 7) is 9.30. The van der Waals surface area contributed by atoms with Crippen LogP contribution in [0.5, 0.6) is 5.75 Å². The normalized spacial score (nSPS) is 11.0. The Labute approximate surface area is 176 Å². The van der Waals surface area contributed by atoms with E-state index in [2.05, 4.69) is 40.0 Å². The van der Waals surface area contributed by atoms with Crippen LogP contribution in [0.25, 0.3) is 11.0 Å². The molecule has 3 rings (SSSR count). The number of nitrogens with two attached hydrogens (primary N) is 1. The lowest BCUT2D eigenvalue weighted by Crippen LogP contribution is -3.00. The molecule has 3 aromatic rings. The zero-order valence-corrected chi connectivity index (χ0v) is 18.0. The largest absolute Gasteiger partial charge is 1.00 e. The van der Waals surface area contributed by atoms with Crippen molar-refractivity contribution in [2.45, 2.75) is 26.9 Å². The molecule has 0 atom stereocenters. The summed E-state index contributed by atoms with van der Waals surface area (Å²) in [6.07, 6.45) is 0. The Bertz CT molecular complexity index is 878. The van der Waals surface area contributed by atoms with Gasteiger partial charge in [0.2, 0.25) is 0 Å². The third-order valence-electron chi connectivity index (χ3n) is 4.95. The second-order valence-electron chi connectivity index (χ2n) is 6.48. The molecule has 0 spiro atoms. The molecule has 152 valence electrons. The average Bonchev–Trinajstić information content (AvgIpc) is 2.96. The number of hydrogen-bond donors (Lipinski definition) is 1. The maximum Gasteiger partial charge on any atom is 0.356 e. The van der Waals surface area contributed by atoms with Crippen LogP contribution in [0.2, 0.25) is 0 Å². The van der Waals surface area contributed by atoms with E-state index in [1.54, 1.807) is 12.1 Å². The summed E-state index contributed by atoms with van der Waals surface area (Å²) in [5, 5.41) is 0. The van der Waals surface area contributed by atoms with Crippen molar-refractivity contribution in [2.24, 2.45) is 0 Å². The van der Waals surface area contributed by atoms with Crippen LogP contribution in [0.4, 0.5) is 10.3 Å². The predicted octanol–water partition coefficient (Wildman–Crippen LogP) is 0.0749. The van der Waals surface area contributed by atoms with Crippen LogP contribution in [0.1, 0.15) is 13.8 Å². The van der Waals surface area contributed by atoms with Gasteiger partial charge in [-0.1, -0.05) is 26.0 Å². The van der Waals surface area contributed by atoms with Crippen molar-refractivity contribution >= 4 is 17.0 Å². The number of aromatic nitrogens is 2. The quantitative estimate of drug-likeness (QED) is 0.469. The number of ether oxygens (including phenoxy) is 1. The van der Waals surface area contributed by atoms with E-state index in [-0.39, 0.29) is 22.8 Å². The number of nitrogen functional groups attached to an aromatic ring is 1. The molecule has 0 radical (unpaired) electrons. The summed E-state index contributed by atoms with van der Waals surface area (Å²) >= 11 is 0. The fraction of sp³-hybridized carbons (Fsp3) is 0.381. The van der Waals surface area contributed by atoms with E-state index in [4.69, 9.17) is 10.5 Å². The topological polar surface area (TPSA) is 47.3 Å². The first kappa shape index (κ1) is 22.2. The average molecular weight is 451 g/mol. The SMILES string of the molecule is CCN(CC)CC[n+]1c(N)n(CCOc2ccc(F)cc2)c2ccccc21.[Br-]. The van der Waals surface area contributed by atoms with Gasteiger partial charge in [0.05, 0.1) is 6.54 Å². The zero-order valence-electron chi connectivity index (χ0n) is 16.4. The van der Waals surface area contributed by atoms with Gasteiger partial charge in [0.15, 0.2) is 0 Å². The lowest BCUT2D eigenvalue weighted by Gasteiger charge is -2.17. The van der Waals surface area contributed by atoms with E-state index in [1.807, 2.05) is 12.1 Å². The third kappa shape index (κ3) is 5.02. The Hall–Kier alpha value is -2.12. The van der Waals surface area contributed by atoms with Crippen molar-refractivity contribution in [3.8, 4) is 5.75 Å². The van der Waals surface area contributed by atoms with Crippen LogP contribution in [0, 0.1) is 5.82 Å². The summed E-state index contributed by atoms with van der Waals surface area (Å²) in [5.74, 6) is 1.11. The second-order valence-corrected chi connectivity index (χ2v) is 6.48. The molecule has 0 aliphatic heterocycles. The van der Waals surface area contributed by atoms with Gasteiger partial charge in [-0.3, -0.25) is 5.73 Å². The molecule has 0 unspecified atom stereocenters. The highest BCUT2D eigenvalue weighted by atomic mass is 79.9. The molecule has 0 aliphatic carbocycles. The maximum absolute atomic E-state index is 13.0. The van der Waals surface area contributed by atoms with Crippen LogP contribution in [-0.4, -0.2) is 35.7 Å². The minimum atomic E-state index is -0.266. The molecular formula is C21H28BrFN4O. The summed E-state index contributed by atoms with van der Waals surface area (Å²) in [4.78, 5) is 2.39. The number of nitrogens with zero attached hydrogens (tertiary/aromatic N) is 3. The van der Waals surface area contributed by atoms with Gasteiger partial charge in [-0.05, 0) is 49.5 Å². The molecular weight excluding hydrogens is 423 g/mol. The molecule has 0 fully saturated rings. The number of benzene rings is 2. The van der Waals surface area contributed by atoms with Crippen LogP contribution in [0.15, 0.2) is 48.5 Å². The standard InChI is InChI=1S/C21H27FN4O.BrH/c1-3-24(4-2)13-14-25-19-7-5-6-8-20(19)26(21(25)23)15-16-27-18-11-9-17(22)10-12-18;/h5-12,23H,3-4,13-16H2,1-2H3;1H. The number of anilines is 1. The minimum Gasteiger partial charge on any atom is -1.00 e. The molecule has 7 heteroatoms. The van der Waals surface area contributed by atoms with Crippen molar-refractivity contribution in [3.63, 3.8) is 0 Å². The molecule has 0 aliphatic rings. The molecule has 2 N–H and O–H groups in total. The van der Waals surface area contributed by atoms with Crippen molar-refractivity contribution in [3.05, 3.63) is 54.3 Å². The molecule has 0 saturated carbocycles. The number of imidazole rings is 1. The highest BCUT2D eigenvalue weighted by Crippen LogP contribution is 2.17. The minimum absolute atomic E-state index is 0. The molecule has 0 amide bonds. The van der Waals surface area contributed by atoms with Crippen LogP contribution >= 0.6 is 0 Å².